The second-order valence-corrected chi connectivity index (χ2v) is 5.99. The predicted octanol–water partition coefficient (Wildman–Crippen LogP) is 3.50. The lowest BCUT2D eigenvalue weighted by Crippen LogP contribution is -2.21. The minimum absolute atomic E-state index is 0.214. The van der Waals surface area contributed by atoms with Gasteiger partial charge in [0, 0.05) is 28.4 Å². The molecule has 0 unspecified atom stereocenters. The van der Waals surface area contributed by atoms with Crippen molar-refractivity contribution in [2.45, 2.75) is 0 Å². The number of carboxylic acids is 1. The number of carbonyl (C=O) groups excluding carboxylic acids is 1. The van der Waals surface area contributed by atoms with Crippen LogP contribution in [0.2, 0.25) is 0 Å². The SMILES string of the molecule is N=C(N)Nc1cccc(C(=O)Nc2ccc(/C=C/C(=O)O)c3ccccc23)c1. The third kappa shape index (κ3) is 4.34. The zero-order valence-electron chi connectivity index (χ0n) is 14.8. The lowest BCUT2D eigenvalue weighted by atomic mass is 10.0. The van der Waals surface area contributed by atoms with Crippen molar-refractivity contribution in [1.82, 2.24) is 0 Å². The average molecular weight is 374 g/mol. The Labute approximate surface area is 161 Å². The van der Waals surface area contributed by atoms with Gasteiger partial charge in [-0.3, -0.25) is 10.2 Å². The summed E-state index contributed by atoms with van der Waals surface area (Å²) >= 11 is 0. The Hall–Kier alpha value is -4.13. The van der Waals surface area contributed by atoms with Crippen molar-refractivity contribution < 1.29 is 14.7 Å². The van der Waals surface area contributed by atoms with Crippen LogP contribution in [0.15, 0.2) is 66.7 Å². The fourth-order valence-corrected chi connectivity index (χ4v) is 2.83. The first-order valence-corrected chi connectivity index (χ1v) is 8.39. The fraction of sp³-hybridized carbons (Fsp3) is 0. The molecule has 0 saturated heterocycles. The smallest absolute Gasteiger partial charge is 0.328 e. The molecule has 0 bridgehead atoms. The molecule has 6 N–H and O–H groups in total. The maximum Gasteiger partial charge on any atom is 0.328 e. The summed E-state index contributed by atoms with van der Waals surface area (Å²) in [5, 5.41) is 23.3. The Balaban J connectivity index is 1.93. The van der Waals surface area contributed by atoms with Gasteiger partial charge in [-0.2, -0.15) is 0 Å². The number of amides is 1. The Morgan fingerprint density at radius 1 is 0.964 bits per heavy atom. The van der Waals surface area contributed by atoms with Crippen molar-refractivity contribution in [3.63, 3.8) is 0 Å². The third-order valence-electron chi connectivity index (χ3n) is 4.02. The summed E-state index contributed by atoms with van der Waals surface area (Å²) in [5.74, 6) is -1.56. The molecular weight excluding hydrogens is 356 g/mol. The Kier molecular flexibility index (Phi) is 5.36. The summed E-state index contributed by atoms with van der Waals surface area (Å²) in [4.78, 5) is 23.5. The van der Waals surface area contributed by atoms with Crippen molar-refractivity contribution in [1.29, 1.82) is 5.41 Å². The molecule has 1 amide bonds. The number of hydrogen-bond donors (Lipinski definition) is 5. The van der Waals surface area contributed by atoms with Gasteiger partial charge in [0.1, 0.15) is 0 Å². The van der Waals surface area contributed by atoms with E-state index in [9.17, 15) is 9.59 Å². The molecular formula is C21H18N4O3. The lowest BCUT2D eigenvalue weighted by molar-refractivity contribution is -0.131. The number of aliphatic carboxylic acids is 1. The quantitative estimate of drug-likeness (QED) is 0.265. The summed E-state index contributed by atoms with van der Waals surface area (Å²) in [6.07, 6.45) is 2.60. The van der Waals surface area contributed by atoms with Gasteiger partial charge in [-0.25, -0.2) is 4.79 Å². The molecule has 0 radical (unpaired) electrons. The maximum atomic E-state index is 12.7. The number of carbonyl (C=O) groups is 2. The molecule has 0 spiro atoms. The van der Waals surface area contributed by atoms with Crippen LogP contribution in [0.4, 0.5) is 11.4 Å². The van der Waals surface area contributed by atoms with Gasteiger partial charge in [-0.05, 0) is 41.3 Å². The number of guanidine groups is 1. The van der Waals surface area contributed by atoms with E-state index in [4.69, 9.17) is 16.2 Å². The van der Waals surface area contributed by atoms with Gasteiger partial charge >= 0.3 is 5.97 Å². The molecule has 0 saturated carbocycles. The van der Waals surface area contributed by atoms with Gasteiger partial charge in [0.15, 0.2) is 5.96 Å². The van der Waals surface area contributed by atoms with Crippen molar-refractivity contribution in [2.75, 3.05) is 10.6 Å². The van der Waals surface area contributed by atoms with Crippen LogP contribution in [0.25, 0.3) is 16.8 Å². The van der Waals surface area contributed by atoms with E-state index in [1.54, 1.807) is 36.4 Å². The number of hydrogen-bond acceptors (Lipinski definition) is 3. The molecule has 0 aromatic heterocycles. The number of nitrogens with two attached hydrogens (primary N) is 1. The number of benzene rings is 3. The fourth-order valence-electron chi connectivity index (χ4n) is 2.83. The van der Waals surface area contributed by atoms with Crippen LogP contribution in [0, 0.1) is 5.41 Å². The van der Waals surface area contributed by atoms with Crippen molar-refractivity contribution in [3.8, 4) is 0 Å². The minimum Gasteiger partial charge on any atom is -0.478 e. The second kappa shape index (κ2) is 8.05. The van der Waals surface area contributed by atoms with E-state index in [1.807, 2.05) is 24.3 Å². The van der Waals surface area contributed by atoms with Crippen LogP contribution in [-0.4, -0.2) is 22.9 Å². The molecule has 3 aromatic rings. The highest BCUT2D eigenvalue weighted by atomic mass is 16.4. The molecule has 7 nitrogen and oxygen atoms in total. The van der Waals surface area contributed by atoms with E-state index in [1.165, 1.54) is 6.08 Å². The highest BCUT2D eigenvalue weighted by Crippen LogP contribution is 2.28. The second-order valence-electron chi connectivity index (χ2n) is 5.99. The number of fused-ring (bicyclic) bond motifs is 1. The van der Waals surface area contributed by atoms with Crippen LogP contribution in [0.3, 0.4) is 0 Å². The van der Waals surface area contributed by atoms with Gasteiger partial charge in [0.2, 0.25) is 0 Å². The molecule has 0 atom stereocenters. The van der Waals surface area contributed by atoms with E-state index in [0.29, 0.717) is 16.9 Å². The van der Waals surface area contributed by atoms with E-state index in [-0.39, 0.29) is 11.9 Å². The molecule has 7 heteroatoms. The summed E-state index contributed by atoms with van der Waals surface area (Å²) in [6, 6.07) is 17.6. The highest BCUT2D eigenvalue weighted by Gasteiger charge is 2.10. The molecule has 3 rings (SSSR count). The molecule has 140 valence electrons. The summed E-state index contributed by atoms with van der Waals surface area (Å²) in [5.41, 5.74) is 7.62. The van der Waals surface area contributed by atoms with Crippen molar-refractivity contribution in [2.24, 2.45) is 5.73 Å². The van der Waals surface area contributed by atoms with E-state index >= 15 is 0 Å². The van der Waals surface area contributed by atoms with Gasteiger partial charge in [0.05, 0.1) is 0 Å². The summed E-state index contributed by atoms with van der Waals surface area (Å²) < 4.78 is 0. The number of carboxylic acid groups (broad SMARTS) is 1. The summed E-state index contributed by atoms with van der Waals surface area (Å²) in [7, 11) is 0. The molecule has 3 aromatic carbocycles. The van der Waals surface area contributed by atoms with E-state index in [2.05, 4.69) is 10.6 Å². The first-order valence-electron chi connectivity index (χ1n) is 8.39. The molecule has 28 heavy (non-hydrogen) atoms. The standard InChI is InChI=1S/C21H18N4O3/c22-21(23)24-15-5-3-4-14(12-15)20(28)25-18-10-8-13(9-11-19(26)27)16-6-1-2-7-17(16)18/h1-12H,(H,25,28)(H,26,27)(H4,22,23,24)/b11-9+. The molecule has 0 aliphatic rings. The highest BCUT2D eigenvalue weighted by molar-refractivity contribution is 6.11. The van der Waals surface area contributed by atoms with Crippen LogP contribution in [0.1, 0.15) is 15.9 Å². The van der Waals surface area contributed by atoms with Gasteiger partial charge in [-0.15, -0.1) is 0 Å². The largest absolute Gasteiger partial charge is 0.478 e. The predicted molar refractivity (Wildman–Crippen MR) is 111 cm³/mol. The minimum atomic E-state index is -1.03. The maximum absolute atomic E-state index is 12.7. The van der Waals surface area contributed by atoms with Gasteiger partial charge < -0.3 is 21.5 Å². The molecule has 0 heterocycles. The zero-order chi connectivity index (χ0) is 20.1. The van der Waals surface area contributed by atoms with Crippen LogP contribution >= 0.6 is 0 Å². The summed E-state index contributed by atoms with van der Waals surface area (Å²) in [6.45, 7) is 0. The van der Waals surface area contributed by atoms with Gasteiger partial charge in [0.25, 0.3) is 5.91 Å². The number of rotatable bonds is 5. The Morgan fingerprint density at radius 2 is 1.71 bits per heavy atom. The van der Waals surface area contributed by atoms with Crippen LogP contribution < -0.4 is 16.4 Å². The van der Waals surface area contributed by atoms with E-state index in [0.717, 1.165) is 22.4 Å². The molecule has 0 aliphatic heterocycles. The Morgan fingerprint density at radius 3 is 2.43 bits per heavy atom. The first kappa shape index (κ1) is 18.7. The van der Waals surface area contributed by atoms with Crippen molar-refractivity contribution >= 4 is 46.1 Å². The van der Waals surface area contributed by atoms with Crippen LogP contribution in [0.5, 0.6) is 0 Å². The Bertz CT molecular complexity index is 1110. The van der Waals surface area contributed by atoms with Gasteiger partial charge in [-0.1, -0.05) is 36.4 Å². The normalized spacial score (nSPS) is 10.7. The molecule has 0 fully saturated rings. The van der Waals surface area contributed by atoms with E-state index < -0.39 is 5.97 Å². The third-order valence-corrected chi connectivity index (χ3v) is 4.02. The first-order chi connectivity index (χ1) is 13.4. The number of anilines is 2. The molecule has 0 aliphatic carbocycles. The average Bonchev–Trinajstić information content (AvgIpc) is 2.67. The monoisotopic (exact) mass is 374 g/mol. The lowest BCUT2D eigenvalue weighted by Gasteiger charge is -2.12. The van der Waals surface area contributed by atoms with Crippen LogP contribution in [-0.2, 0) is 4.79 Å². The topological polar surface area (TPSA) is 128 Å². The zero-order valence-corrected chi connectivity index (χ0v) is 14.8. The number of nitrogens with one attached hydrogen (secondary N) is 3. The van der Waals surface area contributed by atoms with Crippen molar-refractivity contribution in [3.05, 3.63) is 77.9 Å².